The number of rotatable bonds is 12. The van der Waals surface area contributed by atoms with Crippen molar-refractivity contribution in [2.75, 3.05) is 0 Å². The summed E-state index contributed by atoms with van der Waals surface area (Å²) < 4.78 is 0. The van der Waals surface area contributed by atoms with Crippen molar-refractivity contribution in [1.82, 2.24) is 5.32 Å². The Bertz CT molecular complexity index is 616. The molecule has 1 aromatic rings. The molecule has 0 aromatic heterocycles. The van der Waals surface area contributed by atoms with Gasteiger partial charge in [0.2, 0.25) is 5.91 Å². The summed E-state index contributed by atoms with van der Waals surface area (Å²) in [7, 11) is -1.70. The van der Waals surface area contributed by atoms with Gasteiger partial charge in [0.15, 0.2) is 5.78 Å². The second kappa shape index (κ2) is 12.0. The Balaban J connectivity index is 2.79. The van der Waals surface area contributed by atoms with Crippen LogP contribution in [0.15, 0.2) is 24.3 Å². The molecular weight excluding hydrogens is 357 g/mol. The average Bonchev–Trinajstić information content (AvgIpc) is 2.63. The molecule has 0 saturated carbocycles. The van der Waals surface area contributed by atoms with Crippen LogP contribution in [0.5, 0.6) is 0 Å². The number of benzene rings is 1. The lowest BCUT2D eigenvalue weighted by Gasteiger charge is -2.24. The second-order valence-corrected chi connectivity index (χ2v) is 7.93. The van der Waals surface area contributed by atoms with E-state index >= 15 is 0 Å². The summed E-state index contributed by atoms with van der Waals surface area (Å²) in [5.41, 5.74) is 1.66. The molecule has 0 heterocycles. The first-order chi connectivity index (χ1) is 13.1. The summed E-state index contributed by atoms with van der Waals surface area (Å²) in [6.45, 7) is 7.39. The van der Waals surface area contributed by atoms with Gasteiger partial charge in [0.1, 0.15) is 0 Å². The average molecular weight is 391 g/mol. The molecule has 0 aliphatic rings. The fourth-order valence-corrected chi connectivity index (χ4v) is 3.09. The van der Waals surface area contributed by atoms with E-state index < -0.39 is 31.0 Å². The standard InChI is InChI=1S/C21H34BNO5/c1-5-6-7-16-8-10-17(11-9-16)19(25)13-18(15(4)24)21(26)23-20(22(27)28)12-14(2)3/h8-11,14-15,18,20,24,27-28H,5-7,12-13H2,1-4H3,(H,23,26)/t15-,18+,20+/m1/s1. The van der Waals surface area contributed by atoms with Crippen molar-refractivity contribution in [3.05, 3.63) is 35.4 Å². The number of aryl methyl sites for hydroxylation is 1. The number of hydrogen-bond acceptors (Lipinski definition) is 5. The van der Waals surface area contributed by atoms with Crippen molar-refractivity contribution in [3.8, 4) is 0 Å². The highest BCUT2D eigenvalue weighted by Crippen LogP contribution is 2.17. The van der Waals surface area contributed by atoms with Crippen LogP contribution in [0.4, 0.5) is 0 Å². The second-order valence-electron chi connectivity index (χ2n) is 7.93. The monoisotopic (exact) mass is 391 g/mol. The van der Waals surface area contributed by atoms with Crippen LogP contribution in [0.1, 0.15) is 69.3 Å². The molecule has 3 atom stereocenters. The van der Waals surface area contributed by atoms with Crippen LogP contribution in [-0.2, 0) is 11.2 Å². The van der Waals surface area contributed by atoms with Crippen LogP contribution in [0.25, 0.3) is 0 Å². The molecule has 0 bridgehead atoms. The SMILES string of the molecule is CCCCc1ccc(C(=O)C[C@H](C(=O)N[C@@H](CC(C)C)B(O)O)[C@@H](C)O)cc1. The number of aliphatic hydroxyl groups excluding tert-OH is 1. The molecule has 28 heavy (non-hydrogen) atoms. The first-order valence-corrected chi connectivity index (χ1v) is 10.1. The Morgan fingerprint density at radius 1 is 1.11 bits per heavy atom. The number of hydrogen-bond donors (Lipinski definition) is 4. The lowest BCUT2D eigenvalue weighted by Crippen LogP contribution is -2.50. The van der Waals surface area contributed by atoms with E-state index in [9.17, 15) is 24.7 Å². The highest BCUT2D eigenvalue weighted by molar-refractivity contribution is 6.43. The van der Waals surface area contributed by atoms with Gasteiger partial charge < -0.3 is 20.5 Å². The summed E-state index contributed by atoms with van der Waals surface area (Å²) in [6.07, 6.45) is 2.35. The smallest absolute Gasteiger partial charge is 0.426 e. The number of unbranched alkanes of at least 4 members (excludes halogenated alkanes) is 1. The molecule has 0 spiro atoms. The van der Waals surface area contributed by atoms with Crippen LogP contribution in [0.3, 0.4) is 0 Å². The van der Waals surface area contributed by atoms with Crippen LogP contribution < -0.4 is 5.32 Å². The maximum Gasteiger partial charge on any atom is 0.475 e. The van der Waals surface area contributed by atoms with Gasteiger partial charge in [-0.05, 0) is 37.7 Å². The third kappa shape index (κ3) is 8.13. The quantitative estimate of drug-likeness (QED) is 0.323. The molecule has 0 radical (unpaired) electrons. The van der Waals surface area contributed by atoms with E-state index in [0.717, 1.165) is 24.8 Å². The zero-order chi connectivity index (χ0) is 21.3. The zero-order valence-corrected chi connectivity index (χ0v) is 17.4. The van der Waals surface area contributed by atoms with E-state index in [2.05, 4.69) is 12.2 Å². The molecule has 6 nitrogen and oxygen atoms in total. The summed E-state index contributed by atoms with van der Waals surface area (Å²) in [4.78, 5) is 25.2. The first-order valence-electron chi connectivity index (χ1n) is 10.1. The Labute approximate surface area is 168 Å². The molecule has 1 rings (SSSR count). The molecule has 156 valence electrons. The molecule has 0 fully saturated rings. The fourth-order valence-electron chi connectivity index (χ4n) is 3.09. The number of nitrogens with one attached hydrogen (secondary N) is 1. The molecule has 0 unspecified atom stereocenters. The van der Waals surface area contributed by atoms with Gasteiger partial charge in [0.05, 0.1) is 18.0 Å². The van der Waals surface area contributed by atoms with Crippen molar-refractivity contribution in [1.29, 1.82) is 0 Å². The summed E-state index contributed by atoms with van der Waals surface area (Å²) in [6, 6.07) is 7.34. The maximum atomic E-state index is 12.6. The molecule has 0 aliphatic carbocycles. The van der Waals surface area contributed by atoms with Crippen LogP contribution in [0, 0.1) is 11.8 Å². The molecule has 0 aliphatic heterocycles. The number of ketones is 1. The Kier molecular flexibility index (Phi) is 10.4. The number of carbonyl (C=O) groups is 2. The van der Waals surface area contributed by atoms with Gasteiger partial charge >= 0.3 is 7.12 Å². The van der Waals surface area contributed by atoms with E-state index in [1.807, 2.05) is 26.0 Å². The third-order valence-corrected chi connectivity index (χ3v) is 4.83. The first kappa shape index (κ1) is 24.3. The number of aliphatic hydroxyl groups is 1. The zero-order valence-electron chi connectivity index (χ0n) is 17.4. The molecule has 4 N–H and O–H groups in total. The number of amides is 1. The van der Waals surface area contributed by atoms with Gasteiger partial charge in [-0.25, -0.2) is 0 Å². The summed E-state index contributed by atoms with van der Waals surface area (Å²) >= 11 is 0. The maximum absolute atomic E-state index is 12.6. The minimum Gasteiger partial charge on any atom is -0.426 e. The van der Waals surface area contributed by atoms with Gasteiger partial charge in [0.25, 0.3) is 0 Å². The third-order valence-electron chi connectivity index (χ3n) is 4.83. The van der Waals surface area contributed by atoms with Crippen molar-refractivity contribution in [2.45, 2.75) is 71.8 Å². The van der Waals surface area contributed by atoms with Crippen LogP contribution in [-0.4, -0.2) is 46.0 Å². The van der Waals surface area contributed by atoms with Crippen LogP contribution >= 0.6 is 0 Å². The van der Waals surface area contributed by atoms with Crippen molar-refractivity contribution >= 4 is 18.8 Å². The highest BCUT2D eigenvalue weighted by Gasteiger charge is 2.32. The normalized spacial score (nSPS) is 14.4. The van der Waals surface area contributed by atoms with E-state index in [4.69, 9.17) is 0 Å². The lowest BCUT2D eigenvalue weighted by molar-refractivity contribution is -0.128. The summed E-state index contributed by atoms with van der Waals surface area (Å²) in [5.74, 6) is -2.44. The Morgan fingerprint density at radius 3 is 2.18 bits per heavy atom. The molecule has 1 amide bonds. The molecule has 0 saturated heterocycles. The van der Waals surface area contributed by atoms with E-state index in [1.54, 1.807) is 12.1 Å². The highest BCUT2D eigenvalue weighted by atomic mass is 16.4. The topological polar surface area (TPSA) is 107 Å². The van der Waals surface area contributed by atoms with Crippen LogP contribution in [0.2, 0.25) is 0 Å². The van der Waals surface area contributed by atoms with Crippen molar-refractivity contribution < 1.29 is 24.7 Å². The summed E-state index contributed by atoms with van der Waals surface area (Å²) in [5, 5.41) is 31.6. The predicted octanol–water partition coefficient (Wildman–Crippen LogP) is 2.14. The largest absolute Gasteiger partial charge is 0.475 e. The Hall–Kier alpha value is -1.70. The van der Waals surface area contributed by atoms with Gasteiger partial charge in [0, 0.05) is 12.0 Å². The molecule has 1 aromatic carbocycles. The minimum atomic E-state index is -1.70. The van der Waals surface area contributed by atoms with Gasteiger partial charge in [-0.15, -0.1) is 0 Å². The fraction of sp³-hybridized carbons (Fsp3) is 0.619. The van der Waals surface area contributed by atoms with E-state index in [0.29, 0.717) is 12.0 Å². The molecule has 7 heteroatoms. The van der Waals surface area contributed by atoms with Crippen molar-refractivity contribution in [3.63, 3.8) is 0 Å². The van der Waals surface area contributed by atoms with E-state index in [1.165, 1.54) is 6.92 Å². The number of Topliss-reactive ketones (excluding diaryl/α,β-unsaturated/α-hetero) is 1. The molecular formula is C21H34BNO5. The Morgan fingerprint density at radius 2 is 1.71 bits per heavy atom. The number of carbonyl (C=O) groups excluding carboxylic acids is 2. The predicted molar refractivity (Wildman–Crippen MR) is 111 cm³/mol. The lowest BCUT2D eigenvalue weighted by atomic mass is 9.74. The van der Waals surface area contributed by atoms with Gasteiger partial charge in [-0.1, -0.05) is 51.5 Å². The van der Waals surface area contributed by atoms with E-state index in [-0.39, 0.29) is 18.1 Å². The minimum absolute atomic E-state index is 0.143. The van der Waals surface area contributed by atoms with Gasteiger partial charge in [-0.2, -0.15) is 0 Å². The van der Waals surface area contributed by atoms with Crippen molar-refractivity contribution in [2.24, 2.45) is 11.8 Å². The van der Waals surface area contributed by atoms with Gasteiger partial charge in [-0.3, -0.25) is 9.59 Å².